The zero-order valence-electron chi connectivity index (χ0n) is 13.3. The number of nitrogens with one attached hydrogen (secondary N) is 2. The van der Waals surface area contributed by atoms with Crippen molar-refractivity contribution < 1.29 is 19.4 Å². The van der Waals surface area contributed by atoms with Crippen molar-refractivity contribution in [2.75, 3.05) is 12.4 Å². The lowest BCUT2D eigenvalue weighted by Gasteiger charge is -2.11. The first-order valence-corrected chi connectivity index (χ1v) is 7.63. The molecule has 0 fully saturated rings. The standard InChI is InChI=1S/C18H18N2O4/c1-24-14-5-6-15(16(21)9-14)18(23)20-13-4-2-11-3-7-17(22)19-10-12(11)8-13/h2,4-6,8-9,21H,3,7,10H2,1H3,(H,19,22)(H,20,23). The molecule has 3 N–H and O–H groups in total. The normalized spacial score (nSPS) is 13.5. The predicted octanol–water partition coefficient (Wildman–Crippen LogP) is 2.22. The molecule has 6 heteroatoms. The number of rotatable bonds is 3. The monoisotopic (exact) mass is 326 g/mol. The Labute approximate surface area is 139 Å². The van der Waals surface area contributed by atoms with Gasteiger partial charge in [0.25, 0.3) is 5.91 Å². The van der Waals surface area contributed by atoms with Crippen LogP contribution >= 0.6 is 0 Å². The van der Waals surface area contributed by atoms with Crippen molar-refractivity contribution in [3.8, 4) is 11.5 Å². The van der Waals surface area contributed by atoms with Crippen LogP contribution in [0, 0.1) is 0 Å². The van der Waals surface area contributed by atoms with Crippen molar-refractivity contribution in [3.05, 3.63) is 53.1 Å². The highest BCUT2D eigenvalue weighted by atomic mass is 16.5. The van der Waals surface area contributed by atoms with E-state index in [-0.39, 0.29) is 17.2 Å². The number of hydrogen-bond acceptors (Lipinski definition) is 4. The van der Waals surface area contributed by atoms with Crippen molar-refractivity contribution in [1.82, 2.24) is 5.32 Å². The third-order valence-corrected chi connectivity index (χ3v) is 4.01. The van der Waals surface area contributed by atoms with E-state index in [1.54, 1.807) is 12.1 Å². The van der Waals surface area contributed by atoms with Crippen molar-refractivity contribution >= 4 is 17.5 Å². The number of phenols is 1. The first kappa shape index (κ1) is 15.9. The number of aryl methyl sites for hydroxylation is 1. The maximum absolute atomic E-state index is 12.3. The van der Waals surface area contributed by atoms with Crippen LogP contribution in [0.25, 0.3) is 0 Å². The van der Waals surface area contributed by atoms with E-state index in [9.17, 15) is 14.7 Å². The minimum Gasteiger partial charge on any atom is -0.507 e. The van der Waals surface area contributed by atoms with Crippen LogP contribution in [-0.2, 0) is 17.8 Å². The van der Waals surface area contributed by atoms with Crippen molar-refractivity contribution in [2.24, 2.45) is 0 Å². The number of phenolic OH excluding ortho intramolecular Hbond substituents is 1. The Morgan fingerprint density at radius 1 is 1.17 bits per heavy atom. The molecule has 0 atom stereocenters. The van der Waals surface area contributed by atoms with E-state index < -0.39 is 5.91 Å². The molecule has 1 heterocycles. The van der Waals surface area contributed by atoms with E-state index in [1.165, 1.54) is 19.2 Å². The predicted molar refractivity (Wildman–Crippen MR) is 89.2 cm³/mol. The van der Waals surface area contributed by atoms with Crippen molar-refractivity contribution in [2.45, 2.75) is 19.4 Å². The minimum absolute atomic E-state index is 0.0277. The number of anilines is 1. The second kappa shape index (κ2) is 6.62. The lowest BCUT2D eigenvalue weighted by atomic mass is 10.0. The first-order chi connectivity index (χ1) is 11.6. The van der Waals surface area contributed by atoms with E-state index in [1.807, 2.05) is 12.1 Å². The van der Waals surface area contributed by atoms with Crippen molar-refractivity contribution in [1.29, 1.82) is 0 Å². The van der Waals surface area contributed by atoms with Crippen LogP contribution < -0.4 is 15.4 Å². The third-order valence-electron chi connectivity index (χ3n) is 4.01. The maximum atomic E-state index is 12.3. The summed E-state index contributed by atoms with van der Waals surface area (Å²) < 4.78 is 5.00. The molecule has 3 rings (SSSR count). The number of carbonyl (C=O) groups is 2. The minimum atomic E-state index is -0.409. The topological polar surface area (TPSA) is 87.7 Å². The Kier molecular flexibility index (Phi) is 4.37. The quantitative estimate of drug-likeness (QED) is 0.807. The second-order valence-corrected chi connectivity index (χ2v) is 5.60. The molecule has 1 aliphatic rings. The fraction of sp³-hybridized carbons (Fsp3) is 0.222. The van der Waals surface area contributed by atoms with Gasteiger partial charge in [0, 0.05) is 24.7 Å². The highest BCUT2D eigenvalue weighted by Crippen LogP contribution is 2.25. The lowest BCUT2D eigenvalue weighted by Crippen LogP contribution is -2.20. The molecule has 0 radical (unpaired) electrons. The number of methoxy groups -OCH3 is 1. The van der Waals surface area contributed by atoms with Gasteiger partial charge in [-0.3, -0.25) is 9.59 Å². The fourth-order valence-electron chi connectivity index (χ4n) is 2.67. The van der Waals surface area contributed by atoms with Crippen LogP contribution in [0.2, 0.25) is 0 Å². The molecule has 0 bridgehead atoms. The second-order valence-electron chi connectivity index (χ2n) is 5.60. The lowest BCUT2D eigenvalue weighted by molar-refractivity contribution is -0.121. The zero-order chi connectivity index (χ0) is 17.1. The summed E-state index contributed by atoms with van der Waals surface area (Å²) in [5, 5.41) is 15.5. The number of fused-ring (bicyclic) bond motifs is 1. The summed E-state index contributed by atoms with van der Waals surface area (Å²) in [6.45, 7) is 0.450. The molecule has 0 spiro atoms. The van der Waals surface area contributed by atoms with Gasteiger partial charge in [-0.1, -0.05) is 6.07 Å². The number of ether oxygens (including phenoxy) is 1. The van der Waals surface area contributed by atoms with E-state index in [0.717, 1.165) is 11.1 Å². The van der Waals surface area contributed by atoms with E-state index in [0.29, 0.717) is 30.8 Å². The molecule has 0 aromatic heterocycles. The van der Waals surface area contributed by atoms with Crippen LogP contribution in [0.1, 0.15) is 27.9 Å². The Balaban J connectivity index is 1.79. The highest BCUT2D eigenvalue weighted by molar-refractivity contribution is 6.06. The number of hydrogen-bond donors (Lipinski definition) is 3. The summed E-state index contributed by atoms with van der Waals surface area (Å²) in [5.41, 5.74) is 2.86. The van der Waals surface area contributed by atoms with Gasteiger partial charge in [-0.05, 0) is 41.8 Å². The van der Waals surface area contributed by atoms with Crippen LogP contribution in [0.3, 0.4) is 0 Å². The van der Waals surface area contributed by atoms with Gasteiger partial charge >= 0.3 is 0 Å². The SMILES string of the molecule is COc1ccc(C(=O)Nc2ccc3c(c2)CNC(=O)CC3)c(O)c1. The van der Waals surface area contributed by atoms with Gasteiger partial charge in [-0.15, -0.1) is 0 Å². The third kappa shape index (κ3) is 3.32. The Morgan fingerprint density at radius 3 is 2.75 bits per heavy atom. The van der Waals surface area contributed by atoms with Gasteiger partial charge in [0.15, 0.2) is 0 Å². The van der Waals surface area contributed by atoms with E-state index in [2.05, 4.69) is 10.6 Å². The smallest absolute Gasteiger partial charge is 0.259 e. The zero-order valence-corrected chi connectivity index (χ0v) is 13.3. The molecular weight excluding hydrogens is 308 g/mol. The van der Waals surface area contributed by atoms with Gasteiger partial charge in [-0.2, -0.15) is 0 Å². The van der Waals surface area contributed by atoms with Crippen LogP contribution in [0.5, 0.6) is 11.5 Å². The molecule has 2 aromatic carbocycles. The number of benzene rings is 2. The Bertz CT molecular complexity index is 802. The van der Waals surface area contributed by atoms with Gasteiger partial charge in [0.2, 0.25) is 5.91 Å². The van der Waals surface area contributed by atoms with Gasteiger partial charge in [0.1, 0.15) is 11.5 Å². The molecular formula is C18H18N2O4. The summed E-state index contributed by atoms with van der Waals surface area (Å²) in [6, 6.07) is 10.1. The van der Waals surface area contributed by atoms with Crippen LogP contribution in [-0.4, -0.2) is 24.0 Å². The fourth-order valence-corrected chi connectivity index (χ4v) is 2.67. The molecule has 2 aromatic rings. The largest absolute Gasteiger partial charge is 0.507 e. The van der Waals surface area contributed by atoms with Gasteiger partial charge in [0.05, 0.1) is 12.7 Å². The molecule has 0 saturated carbocycles. The summed E-state index contributed by atoms with van der Waals surface area (Å²) in [4.78, 5) is 23.8. The summed E-state index contributed by atoms with van der Waals surface area (Å²) in [5.74, 6) is -0.0496. The molecule has 0 saturated heterocycles. The van der Waals surface area contributed by atoms with Gasteiger partial charge in [-0.25, -0.2) is 0 Å². The number of carbonyl (C=O) groups excluding carboxylic acids is 2. The van der Waals surface area contributed by atoms with E-state index >= 15 is 0 Å². The Morgan fingerprint density at radius 2 is 2.00 bits per heavy atom. The maximum Gasteiger partial charge on any atom is 0.259 e. The number of amides is 2. The summed E-state index contributed by atoms with van der Waals surface area (Å²) >= 11 is 0. The molecule has 0 aliphatic carbocycles. The number of aromatic hydroxyl groups is 1. The average Bonchev–Trinajstić information content (AvgIpc) is 2.76. The first-order valence-electron chi connectivity index (χ1n) is 7.63. The van der Waals surface area contributed by atoms with Crippen LogP contribution in [0.15, 0.2) is 36.4 Å². The molecule has 1 aliphatic heterocycles. The van der Waals surface area contributed by atoms with E-state index in [4.69, 9.17) is 4.74 Å². The summed E-state index contributed by atoms with van der Waals surface area (Å²) in [6.07, 6.45) is 1.16. The highest BCUT2D eigenvalue weighted by Gasteiger charge is 2.15. The van der Waals surface area contributed by atoms with Crippen molar-refractivity contribution in [3.63, 3.8) is 0 Å². The van der Waals surface area contributed by atoms with Crippen LogP contribution in [0.4, 0.5) is 5.69 Å². The summed E-state index contributed by atoms with van der Waals surface area (Å²) in [7, 11) is 1.49. The Hall–Kier alpha value is -3.02. The molecule has 24 heavy (non-hydrogen) atoms. The molecule has 124 valence electrons. The average molecular weight is 326 g/mol. The molecule has 2 amide bonds. The molecule has 6 nitrogen and oxygen atoms in total. The molecule has 0 unspecified atom stereocenters. The van der Waals surface area contributed by atoms with Gasteiger partial charge < -0.3 is 20.5 Å².